The number of aliphatic hydroxyl groups is 1. The van der Waals surface area contributed by atoms with Gasteiger partial charge in [0.2, 0.25) is 0 Å². The molecule has 32 heavy (non-hydrogen) atoms. The number of ether oxygens (including phenoxy) is 4. The molecule has 0 bridgehead atoms. The van der Waals surface area contributed by atoms with Crippen LogP contribution in [0.1, 0.15) is 23.6 Å². The quantitative estimate of drug-likeness (QED) is 0.264. The predicted molar refractivity (Wildman–Crippen MR) is 125 cm³/mol. The Morgan fingerprint density at radius 2 is 1.28 bits per heavy atom. The fourth-order valence-corrected chi connectivity index (χ4v) is 3.64. The highest BCUT2D eigenvalue weighted by molar-refractivity contribution is 5.49. The lowest BCUT2D eigenvalue weighted by Gasteiger charge is -2.39. The van der Waals surface area contributed by atoms with Gasteiger partial charge in [-0.25, -0.2) is 0 Å². The van der Waals surface area contributed by atoms with Crippen molar-refractivity contribution in [1.29, 1.82) is 0 Å². The van der Waals surface area contributed by atoms with Crippen molar-refractivity contribution >= 4 is 0 Å². The van der Waals surface area contributed by atoms with Gasteiger partial charge >= 0.3 is 0 Å². The van der Waals surface area contributed by atoms with Crippen molar-refractivity contribution in [2.75, 3.05) is 20.8 Å². The molecule has 0 saturated carbocycles. The van der Waals surface area contributed by atoms with E-state index >= 15 is 0 Å². The van der Waals surface area contributed by atoms with Crippen LogP contribution in [0, 0.1) is 0 Å². The van der Waals surface area contributed by atoms with Gasteiger partial charge in [0.25, 0.3) is 0 Å². The molecule has 3 aromatic carbocycles. The lowest BCUT2D eigenvalue weighted by Crippen LogP contribution is -2.42. The van der Waals surface area contributed by atoms with Gasteiger partial charge in [0, 0.05) is 0 Å². The maximum Gasteiger partial charge on any atom is 0.185 e. The first kappa shape index (κ1) is 23.5. The molecule has 0 aliphatic carbocycles. The lowest BCUT2D eigenvalue weighted by atomic mass is 9.80. The largest absolute Gasteiger partial charge is 0.497 e. The average molecular weight is 435 g/mol. The molecule has 0 heterocycles. The summed E-state index contributed by atoms with van der Waals surface area (Å²) in [5, 5.41) is 10.5. The van der Waals surface area contributed by atoms with E-state index in [0.717, 1.165) is 28.2 Å². The minimum absolute atomic E-state index is 0.242. The molecule has 0 saturated heterocycles. The molecule has 0 fully saturated rings. The smallest absolute Gasteiger partial charge is 0.185 e. The van der Waals surface area contributed by atoms with E-state index in [2.05, 4.69) is 6.58 Å². The number of hydrogen-bond donors (Lipinski definition) is 1. The SMILES string of the molecule is C=CCOC(OC(c1ccccc1)(c1ccc(OC)cc1)c1ccc(OC)cc1)C(C)O. The van der Waals surface area contributed by atoms with Gasteiger partial charge in [0.15, 0.2) is 6.29 Å². The Bertz CT molecular complexity index is 918. The maximum absolute atomic E-state index is 10.5. The minimum atomic E-state index is -1.07. The van der Waals surface area contributed by atoms with Crippen molar-refractivity contribution in [3.63, 3.8) is 0 Å². The predicted octanol–water partition coefficient (Wildman–Crippen LogP) is 4.92. The van der Waals surface area contributed by atoms with Gasteiger partial charge in [-0.1, -0.05) is 60.7 Å². The Morgan fingerprint density at radius 3 is 1.69 bits per heavy atom. The second-order valence-electron chi connectivity index (χ2n) is 7.35. The molecule has 0 spiro atoms. The minimum Gasteiger partial charge on any atom is -0.497 e. The van der Waals surface area contributed by atoms with E-state index in [1.807, 2.05) is 78.9 Å². The van der Waals surface area contributed by atoms with Crippen molar-refractivity contribution < 1.29 is 24.1 Å². The van der Waals surface area contributed by atoms with E-state index in [1.54, 1.807) is 27.2 Å². The molecular weight excluding hydrogens is 404 g/mol. The van der Waals surface area contributed by atoms with Gasteiger partial charge in [0.05, 0.1) is 20.8 Å². The summed E-state index contributed by atoms with van der Waals surface area (Å²) in [5.41, 5.74) is 1.55. The summed E-state index contributed by atoms with van der Waals surface area (Å²) in [4.78, 5) is 0. The number of aliphatic hydroxyl groups excluding tert-OH is 1. The fourth-order valence-electron chi connectivity index (χ4n) is 3.64. The Kier molecular flexibility index (Phi) is 8.06. The van der Waals surface area contributed by atoms with Crippen molar-refractivity contribution in [3.05, 3.63) is 108 Å². The Hall–Kier alpha value is -3.12. The van der Waals surface area contributed by atoms with Crippen LogP contribution in [0.5, 0.6) is 11.5 Å². The van der Waals surface area contributed by atoms with Crippen molar-refractivity contribution in [2.45, 2.75) is 24.9 Å². The average Bonchev–Trinajstić information content (AvgIpc) is 2.85. The Balaban J connectivity index is 2.26. The molecule has 5 nitrogen and oxygen atoms in total. The standard InChI is InChI=1S/C27H30O5/c1-5-19-31-26(20(2)28)32-27(21-9-7-6-8-10-21,22-11-15-24(29-3)16-12-22)23-13-17-25(30-4)18-14-23/h5-18,20,26,28H,1,19H2,2-4H3. The van der Waals surface area contributed by atoms with Crippen LogP contribution in [-0.2, 0) is 15.1 Å². The molecular formula is C27H30O5. The number of rotatable bonds is 11. The van der Waals surface area contributed by atoms with E-state index in [9.17, 15) is 5.11 Å². The van der Waals surface area contributed by atoms with Crippen molar-refractivity contribution in [2.24, 2.45) is 0 Å². The van der Waals surface area contributed by atoms with Gasteiger partial charge in [-0.15, -0.1) is 6.58 Å². The molecule has 0 radical (unpaired) electrons. The van der Waals surface area contributed by atoms with Crippen LogP contribution in [0.2, 0.25) is 0 Å². The van der Waals surface area contributed by atoms with Crippen LogP contribution in [0.25, 0.3) is 0 Å². The number of hydrogen-bond acceptors (Lipinski definition) is 5. The van der Waals surface area contributed by atoms with E-state index in [4.69, 9.17) is 18.9 Å². The third-order valence-electron chi connectivity index (χ3n) is 5.24. The van der Waals surface area contributed by atoms with Gasteiger partial charge in [0.1, 0.15) is 23.2 Å². The molecule has 2 unspecified atom stereocenters. The van der Waals surface area contributed by atoms with Gasteiger partial charge < -0.3 is 24.1 Å². The normalized spacial score (nSPS) is 13.2. The van der Waals surface area contributed by atoms with Crippen LogP contribution in [-0.4, -0.2) is 38.3 Å². The molecule has 2 atom stereocenters. The van der Waals surface area contributed by atoms with Gasteiger partial charge in [-0.2, -0.15) is 0 Å². The summed E-state index contributed by atoms with van der Waals surface area (Å²) in [6.45, 7) is 5.60. The van der Waals surface area contributed by atoms with Crippen LogP contribution in [0.15, 0.2) is 91.5 Å². The molecule has 1 N–H and O–H groups in total. The molecule has 3 rings (SSSR count). The van der Waals surface area contributed by atoms with E-state index in [-0.39, 0.29) is 6.61 Å². The van der Waals surface area contributed by atoms with Crippen molar-refractivity contribution in [3.8, 4) is 11.5 Å². The zero-order chi connectivity index (χ0) is 23.0. The highest BCUT2D eigenvalue weighted by Crippen LogP contribution is 2.43. The van der Waals surface area contributed by atoms with Crippen LogP contribution in [0.3, 0.4) is 0 Å². The van der Waals surface area contributed by atoms with Gasteiger partial charge in [-0.3, -0.25) is 0 Å². The van der Waals surface area contributed by atoms with E-state index in [0.29, 0.717) is 0 Å². The molecule has 3 aromatic rings. The second-order valence-corrected chi connectivity index (χ2v) is 7.35. The first-order valence-electron chi connectivity index (χ1n) is 10.5. The summed E-state index contributed by atoms with van der Waals surface area (Å²) in [6.07, 6.45) is -0.157. The Labute approximate surface area is 189 Å². The van der Waals surface area contributed by atoms with E-state index < -0.39 is 18.0 Å². The highest BCUT2D eigenvalue weighted by atomic mass is 16.7. The number of benzene rings is 3. The summed E-state index contributed by atoms with van der Waals surface area (Å²) in [7, 11) is 3.26. The Morgan fingerprint density at radius 1 is 0.812 bits per heavy atom. The van der Waals surface area contributed by atoms with Crippen LogP contribution < -0.4 is 9.47 Å². The first-order valence-corrected chi connectivity index (χ1v) is 10.5. The summed E-state index contributed by atoms with van der Waals surface area (Å²) < 4.78 is 23.3. The monoisotopic (exact) mass is 434 g/mol. The zero-order valence-electron chi connectivity index (χ0n) is 18.7. The molecule has 168 valence electrons. The second kappa shape index (κ2) is 11.0. The fraction of sp³-hybridized carbons (Fsp3) is 0.259. The van der Waals surface area contributed by atoms with Crippen LogP contribution >= 0.6 is 0 Å². The lowest BCUT2D eigenvalue weighted by molar-refractivity contribution is -0.223. The summed E-state index contributed by atoms with van der Waals surface area (Å²) in [6, 6.07) is 25.3. The third-order valence-corrected chi connectivity index (χ3v) is 5.24. The van der Waals surface area contributed by atoms with Crippen molar-refractivity contribution in [1.82, 2.24) is 0 Å². The molecule has 0 aliphatic rings. The van der Waals surface area contributed by atoms with Gasteiger partial charge in [-0.05, 0) is 47.9 Å². The summed E-state index contributed by atoms with van der Waals surface area (Å²) in [5.74, 6) is 1.47. The maximum atomic E-state index is 10.5. The van der Waals surface area contributed by atoms with E-state index in [1.165, 1.54) is 0 Å². The molecule has 0 aliphatic heterocycles. The topological polar surface area (TPSA) is 57.2 Å². The highest BCUT2D eigenvalue weighted by Gasteiger charge is 2.41. The number of methoxy groups -OCH3 is 2. The summed E-state index contributed by atoms with van der Waals surface area (Å²) >= 11 is 0. The molecule has 0 aromatic heterocycles. The first-order chi connectivity index (χ1) is 15.5. The van der Waals surface area contributed by atoms with Crippen LogP contribution in [0.4, 0.5) is 0 Å². The molecule has 0 amide bonds. The zero-order valence-corrected chi connectivity index (χ0v) is 18.7. The third kappa shape index (κ3) is 5.02. The molecule has 5 heteroatoms.